The van der Waals surface area contributed by atoms with Gasteiger partial charge in [0.2, 0.25) is 0 Å². The van der Waals surface area contributed by atoms with Crippen LogP contribution < -0.4 is 10.1 Å². The molecule has 0 radical (unpaired) electrons. The number of hydrogen-bond acceptors (Lipinski definition) is 2. The molecule has 0 spiro atoms. The molecule has 0 saturated heterocycles. The molecule has 0 aliphatic heterocycles. The largest absolute Gasteiger partial charge is 0.497 e. The maximum atomic E-state index is 5.31. The Bertz CT molecular complexity index is 598. The number of methoxy groups -OCH3 is 1. The Balaban J connectivity index is 2.26. The van der Waals surface area contributed by atoms with Crippen LogP contribution in [-0.4, -0.2) is 13.7 Å². The maximum absolute atomic E-state index is 5.31. The van der Waals surface area contributed by atoms with E-state index in [2.05, 4.69) is 65.4 Å². The van der Waals surface area contributed by atoms with E-state index < -0.39 is 0 Å². The van der Waals surface area contributed by atoms with Gasteiger partial charge in [-0.3, -0.25) is 0 Å². The van der Waals surface area contributed by atoms with Crippen molar-refractivity contribution in [2.45, 2.75) is 26.3 Å². The van der Waals surface area contributed by atoms with Gasteiger partial charge in [-0.1, -0.05) is 41.1 Å². The molecule has 2 aromatic carbocycles. The van der Waals surface area contributed by atoms with Crippen LogP contribution in [-0.2, 0) is 6.42 Å². The molecule has 2 aromatic rings. The molecule has 2 nitrogen and oxygen atoms in total. The van der Waals surface area contributed by atoms with Crippen LogP contribution in [0.15, 0.2) is 46.9 Å². The Morgan fingerprint density at radius 1 is 1.19 bits per heavy atom. The fourth-order valence-electron chi connectivity index (χ4n) is 2.60. The lowest BCUT2D eigenvalue weighted by atomic mass is 9.95. The SMILES string of the molecule is CCNC(Cc1cccc(OC)c1)c1ccc(Br)cc1C. The van der Waals surface area contributed by atoms with Crippen LogP contribution >= 0.6 is 15.9 Å². The minimum absolute atomic E-state index is 0.315. The summed E-state index contributed by atoms with van der Waals surface area (Å²) in [6, 6.07) is 15.1. The van der Waals surface area contributed by atoms with E-state index >= 15 is 0 Å². The Kier molecular flexibility index (Phi) is 5.83. The van der Waals surface area contributed by atoms with Crippen molar-refractivity contribution in [2.24, 2.45) is 0 Å². The van der Waals surface area contributed by atoms with E-state index in [1.807, 2.05) is 12.1 Å². The predicted molar refractivity (Wildman–Crippen MR) is 92.0 cm³/mol. The molecule has 0 bridgehead atoms. The first-order valence-electron chi connectivity index (χ1n) is 7.26. The molecule has 3 heteroatoms. The second kappa shape index (κ2) is 7.62. The zero-order valence-electron chi connectivity index (χ0n) is 12.8. The van der Waals surface area contributed by atoms with Gasteiger partial charge in [0.25, 0.3) is 0 Å². The van der Waals surface area contributed by atoms with Gasteiger partial charge in [0.05, 0.1) is 7.11 Å². The molecule has 0 fully saturated rings. The highest BCUT2D eigenvalue weighted by atomic mass is 79.9. The van der Waals surface area contributed by atoms with Gasteiger partial charge in [0.15, 0.2) is 0 Å². The highest BCUT2D eigenvalue weighted by Crippen LogP contribution is 2.25. The van der Waals surface area contributed by atoms with Crippen molar-refractivity contribution in [3.63, 3.8) is 0 Å². The minimum Gasteiger partial charge on any atom is -0.497 e. The topological polar surface area (TPSA) is 21.3 Å². The van der Waals surface area contributed by atoms with Gasteiger partial charge < -0.3 is 10.1 Å². The molecule has 0 aliphatic carbocycles. The number of rotatable bonds is 6. The van der Waals surface area contributed by atoms with Crippen LogP contribution in [0.5, 0.6) is 5.75 Å². The van der Waals surface area contributed by atoms with Crippen LogP contribution in [0.3, 0.4) is 0 Å². The van der Waals surface area contributed by atoms with E-state index in [9.17, 15) is 0 Å². The second-order valence-electron chi connectivity index (χ2n) is 5.17. The van der Waals surface area contributed by atoms with Gasteiger partial charge in [-0.15, -0.1) is 0 Å². The molecule has 0 amide bonds. The Hall–Kier alpha value is -1.32. The molecule has 0 aromatic heterocycles. The summed E-state index contributed by atoms with van der Waals surface area (Å²) < 4.78 is 6.44. The first kappa shape index (κ1) is 16.1. The number of nitrogens with one attached hydrogen (secondary N) is 1. The lowest BCUT2D eigenvalue weighted by molar-refractivity contribution is 0.414. The Labute approximate surface area is 135 Å². The molecule has 1 unspecified atom stereocenters. The lowest BCUT2D eigenvalue weighted by Crippen LogP contribution is -2.23. The molecule has 1 atom stereocenters. The first-order valence-corrected chi connectivity index (χ1v) is 8.05. The summed E-state index contributed by atoms with van der Waals surface area (Å²) in [6.07, 6.45) is 0.952. The number of aryl methyl sites for hydroxylation is 1. The fourth-order valence-corrected chi connectivity index (χ4v) is 3.08. The molecular formula is C18H22BrNO. The molecule has 0 saturated carbocycles. The van der Waals surface area contributed by atoms with Gasteiger partial charge in [-0.05, 0) is 60.8 Å². The third kappa shape index (κ3) is 4.32. The zero-order valence-corrected chi connectivity index (χ0v) is 14.4. The summed E-state index contributed by atoms with van der Waals surface area (Å²) >= 11 is 3.53. The van der Waals surface area contributed by atoms with Gasteiger partial charge >= 0.3 is 0 Å². The number of halogens is 1. The Morgan fingerprint density at radius 3 is 2.67 bits per heavy atom. The number of likely N-dealkylation sites (N-methyl/N-ethyl adjacent to an activating group) is 1. The summed E-state index contributed by atoms with van der Waals surface area (Å²) in [6.45, 7) is 5.26. The summed E-state index contributed by atoms with van der Waals surface area (Å²) in [7, 11) is 1.71. The van der Waals surface area contributed by atoms with Gasteiger partial charge in [0, 0.05) is 10.5 Å². The lowest BCUT2D eigenvalue weighted by Gasteiger charge is -2.21. The van der Waals surface area contributed by atoms with Crippen LogP contribution in [0.1, 0.15) is 29.7 Å². The van der Waals surface area contributed by atoms with Crippen LogP contribution in [0.25, 0.3) is 0 Å². The highest BCUT2D eigenvalue weighted by molar-refractivity contribution is 9.10. The monoisotopic (exact) mass is 347 g/mol. The van der Waals surface area contributed by atoms with Crippen molar-refractivity contribution < 1.29 is 4.74 Å². The van der Waals surface area contributed by atoms with E-state index in [-0.39, 0.29) is 0 Å². The smallest absolute Gasteiger partial charge is 0.119 e. The first-order chi connectivity index (χ1) is 10.1. The van der Waals surface area contributed by atoms with Gasteiger partial charge in [0.1, 0.15) is 5.75 Å². The van der Waals surface area contributed by atoms with Crippen LogP contribution in [0.4, 0.5) is 0 Å². The fraction of sp³-hybridized carbons (Fsp3) is 0.333. The van der Waals surface area contributed by atoms with Crippen molar-refractivity contribution in [2.75, 3.05) is 13.7 Å². The molecule has 0 heterocycles. The Morgan fingerprint density at radius 2 is 2.00 bits per heavy atom. The third-order valence-electron chi connectivity index (χ3n) is 3.63. The summed E-state index contributed by atoms with van der Waals surface area (Å²) in [5, 5.41) is 3.59. The van der Waals surface area contributed by atoms with E-state index in [1.165, 1.54) is 16.7 Å². The molecule has 2 rings (SSSR count). The van der Waals surface area contributed by atoms with Crippen molar-refractivity contribution in [3.8, 4) is 5.75 Å². The van der Waals surface area contributed by atoms with Gasteiger partial charge in [-0.25, -0.2) is 0 Å². The highest BCUT2D eigenvalue weighted by Gasteiger charge is 2.14. The van der Waals surface area contributed by atoms with E-state index in [0.29, 0.717) is 6.04 Å². The van der Waals surface area contributed by atoms with Crippen molar-refractivity contribution in [1.29, 1.82) is 0 Å². The summed E-state index contributed by atoms with van der Waals surface area (Å²) in [4.78, 5) is 0. The van der Waals surface area contributed by atoms with E-state index in [4.69, 9.17) is 4.74 Å². The van der Waals surface area contributed by atoms with Gasteiger partial charge in [-0.2, -0.15) is 0 Å². The normalized spacial score (nSPS) is 12.2. The number of hydrogen-bond donors (Lipinski definition) is 1. The van der Waals surface area contributed by atoms with Crippen molar-refractivity contribution in [1.82, 2.24) is 5.32 Å². The molecule has 0 aliphatic rings. The minimum atomic E-state index is 0.315. The quantitative estimate of drug-likeness (QED) is 0.820. The third-order valence-corrected chi connectivity index (χ3v) is 4.13. The van der Waals surface area contributed by atoms with Crippen molar-refractivity contribution in [3.05, 3.63) is 63.6 Å². The summed E-state index contributed by atoms with van der Waals surface area (Å²) in [5.41, 5.74) is 3.93. The molecule has 112 valence electrons. The standard InChI is InChI=1S/C18H22BrNO/c1-4-20-18(17-9-8-15(19)10-13(17)2)12-14-6-5-7-16(11-14)21-3/h5-11,18,20H,4,12H2,1-3H3. The number of benzene rings is 2. The van der Waals surface area contributed by atoms with E-state index in [0.717, 1.165) is 23.2 Å². The van der Waals surface area contributed by atoms with Crippen LogP contribution in [0.2, 0.25) is 0 Å². The molecule has 21 heavy (non-hydrogen) atoms. The molecule has 1 N–H and O–H groups in total. The van der Waals surface area contributed by atoms with Crippen LogP contribution in [0, 0.1) is 6.92 Å². The second-order valence-corrected chi connectivity index (χ2v) is 6.08. The average molecular weight is 348 g/mol. The number of ether oxygens (including phenoxy) is 1. The summed E-state index contributed by atoms with van der Waals surface area (Å²) in [5.74, 6) is 0.912. The van der Waals surface area contributed by atoms with Crippen molar-refractivity contribution >= 4 is 15.9 Å². The van der Waals surface area contributed by atoms with E-state index in [1.54, 1.807) is 7.11 Å². The average Bonchev–Trinajstić information content (AvgIpc) is 2.47. The molecular weight excluding hydrogens is 326 g/mol. The predicted octanol–water partition coefficient (Wildman–Crippen LogP) is 4.66. The zero-order chi connectivity index (χ0) is 15.2. The maximum Gasteiger partial charge on any atom is 0.119 e.